The topological polar surface area (TPSA) is 39.4 Å². The highest BCUT2D eigenvalue weighted by Gasteiger charge is 2.23. The lowest BCUT2D eigenvalue weighted by atomic mass is 10.1. The smallest absolute Gasteiger partial charge is 0.238 e. The SMILES string of the molecule is Cc1ccc(Cn2nc(C3=NC(c4ccccc4)CO3)cc2C)cc1. The third-order valence-electron chi connectivity index (χ3n) is 4.49. The summed E-state index contributed by atoms with van der Waals surface area (Å²) >= 11 is 0. The van der Waals surface area contributed by atoms with Gasteiger partial charge in [0.2, 0.25) is 5.90 Å². The van der Waals surface area contributed by atoms with E-state index in [1.54, 1.807) is 0 Å². The number of aryl methyl sites for hydroxylation is 2. The third kappa shape index (κ3) is 3.33. The van der Waals surface area contributed by atoms with Crippen LogP contribution in [0.3, 0.4) is 0 Å². The van der Waals surface area contributed by atoms with Crippen LogP contribution in [0.25, 0.3) is 0 Å². The van der Waals surface area contributed by atoms with Crippen molar-refractivity contribution in [3.05, 3.63) is 88.7 Å². The van der Waals surface area contributed by atoms with Crippen molar-refractivity contribution in [1.82, 2.24) is 9.78 Å². The van der Waals surface area contributed by atoms with Crippen molar-refractivity contribution in [1.29, 1.82) is 0 Å². The van der Waals surface area contributed by atoms with Crippen LogP contribution in [0.15, 0.2) is 65.7 Å². The van der Waals surface area contributed by atoms with E-state index in [0.717, 1.165) is 17.9 Å². The van der Waals surface area contributed by atoms with Gasteiger partial charge < -0.3 is 4.74 Å². The summed E-state index contributed by atoms with van der Waals surface area (Å²) < 4.78 is 7.82. The minimum absolute atomic E-state index is 0.0544. The number of hydrogen-bond donors (Lipinski definition) is 0. The molecule has 0 amide bonds. The Morgan fingerprint density at radius 2 is 1.80 bits per heavy atom. The quantitative estimate of drug-likeness (QED) is 0.723. The second kappa shape index (κ2) is 6.55. The predicted octanol–water partition coefficient (Wildman–Crippen LogP) is 4.07. The molecule has 0 bridgehead atoms. The number of rotatable bonds is 4. The van der Waals surface area contributed by atoms with Crippen molar-refractivity contribution in [2.24, 2.45) is 4.99 Å². The lowest BCUT2D eigenvalue weighted by Gasteiger charge is -2.05. The van der Waals surface area contributed by atoms with Gasteiger partial charge in [0.05, 0.1) is 6.54 Å². The van der Waals surface area contributed by atoms with E-state index in [1.165, 1.54) is 16.7 Å². The molecule has 1 aliphatic rings. The molecule has 1 atom stereocenters. The molecule has 25 heavy (non-hydrogen) atoms. The summed E-state index contributed by atoms with van der Waals surface area (Å²) in [6, 6.07) is 20.9. The summed E-state index contributed by atoms with van der Waals surface area (Å²) in [6.45, 7) is 5.49. The molecule has 0 N–H and O–H groups in total. The molecule has 4 rings (SSSR count). The molecule has 0 spiro atoms. The van der Waals surface area contributed by atoms with Gasteiger partial charge in [-0.3, -0.25) is 4.68 Å². The van der Waals surface area contributed by atoms with Crippen LogP contribution in [-0.4, -0.2) is 22.3 Å². The van der Waals surface area contributed by atoms with Crippen molar-refractivity contribution in [3.63, 3.8) is 0 Å². The van der Waals surface area contributed by atoms with E-state index in [4.69, 9.17) is 14.8 Å². The van der Waals surface area contributed by atoms with Gasteiger partial charge in [-0.15, -0.1) is 0 Å². The van der Waals surface area contributed by atoms with Crippen LogP contribution >= 0.6 is 0 Å². The van der Waals surface area contributed by atoms with Crippen molar-refractivity contribution < 1.29 is 4.74 Å². The monoisotopic (exact) mass is 331 g/mol. The van der Waals surface area contributed by atoms with Crippen molar-refractivity contribution in [2.45, 2.75) is 26.4 Å². The second-order valence-corrected chi connectivity index (χ2v) is 6.49. The Morgan fingerprint density at radius 1 is 1.04 bits per heavy atom. The number of benzene rings is 2. The number of hydrogen-bond acceptors (Lipinski definition) is 3. The molecule has 4 nitrogen and oxygen atoms in total. The van der Waals surface area contributed by atoms with Crippen LogP contribution in [-0.2, 0) is 11.3 Å². The molecule has 1 unspecified atom stereocenters. The van der Waals surface area contributed by atoms with E-state index in [1.807, 2.05) is 28.9 Å². The van der Waals surface area contributed by atoms with Crippen LogP contribution in [0.4, 0.5) is 0 Å². The zero-order chi connectivity index (χ0) is 17.2. The van der Waals surface area contributed by atoms with Gasteiger partial charge in [0.15, 0.2) is 0 Å². The molecule has 0 fully saturated rings. The van der Waals surface area contributed by atoms with Crippen molar-refractivity contribution in [3.8, 4) is 0 Å². The fourth-order valence-electron chi connectivity index (χ4n) is 3.00. The van der Waals surface area contributed by atoms with Crippen LogP contribution in [0.1, 0.15) is 34.1 Å². The van der Waals surface area contributed by atoms with Gasteiger partial charge in [0.25, 0.3) is 0 Å². The van der Waals surface area contributed by atoms with Crippen molar-refractivity contribution >= 4 is 5.90 Å². The van der Waals surface area contributed by atoms with Gasteiger partial charge >= 0.3 is 0 Å². The molecule has 0 aliphatic carbocycles. The molecule has 2 aromatic carbocycles. The molecule has 1 aliphatic heterocycles. The minimum atomic E-state index is 0.0544. The second-order valence-electron chi connectivity index (χ2n) is 6.49. The largest absolute Gasteiger partial charge is 0.474 e. The first-order valence-electron chi connectivity index (χ1n) is 8.55. The van der Waals surface area contributed by atoms with E-state index < -0.39 is 0 Å². The highest BCUT2D eigenvalue weighted by atomic mass is 16.5. The Balaban J connectivity index is 1.55. The number of aromatic nitrogens is 2. The van der Waals surface area contributed by atoms with Gasteiger partial charge in [0.1, 0.15) is 18.3 Å². The molecular weight excluding hydrogens is 310 g/mol. The molecule has 0 saturated carbocycles. The lowest BCUT2D eigenvalue weighted by molar-refractivity contribution is 0.318. The number of aliphatic imine (C=N–C) groups is 1. The Hall–Kier alpha value is -2.88. The average Bonchev–Trinajstić information content (AvgIpc) is 3.25. The maximum absolute atomic E-state index is 5.81. The Labute approximate surface area is 147 Å². The summed E-state index contributed by atoms with van der Waals surface area (Å²) in [7, 11) is 0. The van der Waals surface area contributed by atoms with Crippen LogP contribution < -0.4 is 0 Å². The van der Waals surface area contributed by atoms with Crippen molar-refractivity contribution in [2.75, 3.05) is 6.61 Å². The third-order valence-corrected chi connectivity index (χ3v) is 4.49. The van der Waals surface area contributed by atoms with Crippen LogP contribution in [0.5, 0.6) is 0 Å². The maximum Gasteiger partial charge on any atom is 0.238 e. The van der Waals surface area contributed by atoms with E-state index in [9.17, 15) is 0 Å². The highest BCUT2D eigenvalue weighted by molar-refractivity contribution is 5.93. The number of ether oxygens (including phenoxy) is 1. The molecule has 0 saturated heterocycles. The Kier molecular flexibility index (Phi) is 4.10. The molecule has 3 aromatic rings. The molecule has 4 heteroatoms. The van der Waals surface area contributed by atoms with E-state index >= 15 is 0 Å². The fourth-order valence-corrected chi connectivity index (χ4v) is 3.00. The maximum atomic E-state index is 5.81. The van der Waals surface area contributed by atoms with E-state index in [-0.39, 0.29) is 6.04 Å². The van der Waals surface area contributed by atoms with Gasteiger partial charge in [-0.1, -0.05) is 60.2 Å². The standard InChI is InChI=1S/C21H21N3O/c1-15-8-10-17(11-9-15)13-24-16(2)12-19(23-24)21-22-20(14-25-21)18-6-4-3-5-7-18/h3-12,20H,13-14H2,1-2H3. The summed E-state index contributed by atoms with van der Waals surface area (Å²) in [5, 5.41) is 4.70. The zero-order valence-corrected chi connectivity index (χ0v) is 14.5. The van der Waals surface area contributed by atoms with E-state index in [2.05, 4.69) is 50.2 Å². The van der Waals surface area contributed by atoms with Crippen LogP contribution in [0.2, 0.25) is 0 Å². The normalized spacial score (nSPS) is 16.6. The molecular formula is C21H21N3O. The minimum Gasteiger partial charge on any atom is -0.474 e. The first-order valence-corrected chi connectivity index (χ1v) is 8.55. The number of nitrogens with zero attached hydrogens (tertiary/aromatic N) is 3. The summed E-state index contributed by atoms with van der Waals surface area (Å²) in [4.78, 5) is 4.72. The predicted molar refractivity (Wildman–Crippen MR) is 98.9 cm³/mol. The highest BCUT2D eigenvalue weighted by Crippen LogP contribution is 2.24. The van der Waals surface area contributed by atoms with Gasteiger partial charge in [-0.05, 0) is 31.0 Å². The first-order chi connectivity index (χ1) is 12.2. The molecule has 1 aromatic heterocycles. The van der Waals surface area contributed by atoms with E-state index in [0.29, 0.717) is 12.5 Å². The Bertz CT molecular complexity index is 895. The first kappa shape index (κ1) is 15.6. The molecule has 126 valence electrons. The van der Waals surface area contributed by atoms with Gasteiger partial charge in [0, 0.05) is 5.69 Å². The zero-order valence-electron chi connectivity index (χ0n) is 14.5. The molecule has 0 radical (unpaired) electrons. The molecule has 2 heterocycles. The summed E-state index contributed by atoms with van der Waals surface area (Å²) in [6.07, 6.45) is 0. The summed E-state index contributed by atoms with van der Waals surface area (Å²) in [5.41, 5.74) is 5.59. The van der Waals surface area contributed by atoms with Gasteiger partial charge in [-0.25, -0.2) is 4.99 Å². The van der Waals surface area contributed by atoms with Gasteiger partial charge in [-0.2, -0.15) is 5.10 Å². The average molecular weight is 331 g/mol. The lowest BCUT2D eigenvalue weighted by Crippen LogP contribution is -2.07. The van der Waals surface area contributed by atoms with Crippen LogP contribution in [0, 0.1) is 13.8 Å². The summed E-state index contributed by atoms with van der Waals surface area (Å²) in [5.74, 6) is 0.639. The fraction of sp³-hybridized carbons (Fsp3) is 0.238. The Morgan fingerprint density at radius 3 is 2.56 bits per heavy atom.